The van der Waals surface area contributed by atoms with Gasteiger partial charge in [0.25, 0.3) is 0 Å². The lowest BCUT2D eigenvalue weighted by atomic mass is 9.97. The zero-order valence-electron chi connectivity index (χ0n) is 17.9. The van der Waals surface area contributed by atoms with E-state index in [-0.39, 0.29) is 41.7 Å². The molecule has 0 spiro atoms. The number of ether oxygens (including phenoxy) is 1. The SMILES string of the molecule is CCOc1ccc(-c2nnc(NC(=O)C3CCN(S(=O)(=O)c4ccc(Cl)cc4)CC3)o2)cc1. The number of aromatic nitrogens is 2. The number of carbonyl (C=O) groups excluding carboxylic acids is 1. The summed E-state index contributed by atoms with van der Waals surface area (Å²) in [4.78, 5) is 12.8. The molecule has 2 aromatic carbocycles. The Bertz CT molecular complexity index is 1200. The van der Waals surface area contributed by atoms with Crippen molar-refractivity contribution in [3.63, 3.8) is 0 Å². The number of nitrogens with one attached hydrogen (secondary N) is 1. The van der Waals surface area contributed by atoms with Gasteiger partial charge in [-0.25, -0.2) is 8.42 Å². The van der Waals surface area contributed by atoms with Gasteiger partial charge in [-0.05, 0) is 68.3 Å². The molecule has 4 rings (SSSR count). The van der Waals surface area contributed by atoms with E-state index in [9.17, 15) is 13.2 Å². The van der Waals surface area contributed by atoms with Crippen LogP contribution in [0.5, 0.6) is 5.75 Å². The van der Waals surface area contributed by atoms with Gasteiger partial charge in [0.05, 0.1) is 11.5 Å². The fourth-order valence-electron chi connectivity index (χ4n) is 3.57. The van der Waals surface area contributed by atoms with E-state index in [1.54, 1.807) is 36.4 Å². The minimum Gasteiger partial charge on any atom is -0.494 e. The molecule has 1 fully saturated rings. The zero-order chi connectivity index (χ0) is 23.4. The van der Waals surface area contributed by atoms with Crippen molar-refractivity contribution in [2.24, 2.45) is 5.92 Å². The average Bonchev–Trinajstić information content (AvgIpc) is 3.28. The lowest BCUT2D eigenvalue weighted by molar-refractivity contribution is -0.121. The molecule has 11 heteroatoms. The fraction of sp³-hybridized carbons (Fsp3) is 0.318. The van der Waals surface area contributed by atoms with Crippen LogP contribution in [0, 0.1) is 5.92 Å². The van der Waals surface area contributed by atoms with Gasteiger partial charge in [-0.2, -0.15) is 4.31 Å². The molecule has 0 aliphatic carbocycles. The molecule has 0 unspecified atom stereocenters. The molecular weight excluding hydrogens is 468 g/mol. The first-order valence-corrected chi connectivity index (χ1v) is 12.3. The van der Waals surface area contributed by atoms with Gasteiger partial charge in [-0.1, -0.05) is 16.7 Å². The van der Waals surface area contributed by atoms with Gasteiger partial charge in [0.1, 0.15) is 5.75 Å². The topological polar surface area (TPSA) is 115 Å². The maximum Gasteiger partial charge on any atom is 0.322 e. The Morgan fingerprint density at radius 3 is 2.42 bits per heavy atom. The third kappa shape index (κ3) is 5.35. The molecule has 1 aromatic heterocycles. The number of benzene rings is 2. The standard InChI is InChI=1S/C22H23ClN4O5S/c1-2-31-18-7-3-16(4-8-18)21-25-26-22(32-21)24-20(28)15-11-13-27(14-12-15)33(29,30)19-9-5-17(23)6-10-19/h3-10,15H,2,11-14H2,1H3,(H,24,26,28). The van der Waals surface area contributed by atoms with Crippen molar-refractivity contribution < 1.29 is 22.4 Å². The van der Waals surface area contributed by atoms with Gasteiger partial charge in [0.2, 0.25) is 21.8 Å². The van der Waals surface area contributed by atoms with E-state index in [4.69, 9.17) is 20.8 Å². The predicted octanol–water partition coefficient (Wildman–Crippen LogP) is 3.83. The highest BCUT2D eigenvalue weighted by molar-refractivity contribution is 7.89. The second-order valence-corrected chi connectivity index (χ2v) is 9.87. The number of amides is 1. The van der Waals surface area contributed by atoms with Crippen LogP contribution in [-0.2, 0) is 14.8 Å². The average molecular weight is 491 g/mol. The molecule has 1 amide bonds. The van der Waals surface area contributed by atoms with Crippen LogP contribution in [0.25, 0.3) is 11.5 Å². The second kappa shape index (κ2) is 9.90. The molecular formula is C22H23ClN4O5S. The van der Waals surface area contributed by atoms with Crippen molar-refractivity contribution in [3.05, 3.63) is 53.6 Å². The van der Waals surface area contributed by atoms with Crippen molar-refractivity contribution in [1.82, 2.24) is 14.5 Å². The van der Waals surface area contributed by atoms with Crippen LogP contribution in [0.2, 0.25) is 5.02 Å². The van der Waals surface area contributed by atoms with E-state index < -0.39 is 10.0 Å². The zero-order valence-corrected chi connectivity index (χ0v) is 19.5. The summed E-state index contributed by atoms with van der Waals surface area (Å²) in [5, 5.41) is 11.0. The van der Waals surface area contributed by atoms with Crippen molar-refractivity contribution >= 4 is 33.5 Å². The number of piperidine rings is 1. The van der Waals surface area contributed by atoms with E-state index in [1.807, 2.05) is 6.92 Å². The van der Waals surface area contributed by atoms with E-state index in [0.29, 0.717) is 30.0 Å². The van der Waals surface area contributed by atoms with Crippen LogP contribution in [-0.4, -0.2) is 48.5 Å². The summed E-state index contributed by atoms with van der Waals surface area (Å²) >= 11 is 5.85. The molecule has 1 aliphatic heterocycles. The normalized spacial score (nSPS) is 15.3. The van der Waals surface area contributed by atoms with E-state index in [2.05, 4.69) is 15.5 Å². The van der Waals surface area contributed by atoms with Gasteiger partial charge in [0, 0.05) is 29.6 Å². The third-order valence-corrected chi connectivity index (χ3v) is 7.51. The second-order valence-electron chi connectivity index (χ2n) is 7.49. The first kappa shape index (κ1) is 23.2. The molecule has 33 heavy (non-hydrogen) atoms. The molecule has 1 aliphatic rings. The predicted molar refractivity (Wildman–Crippen MR) is 122 cm³/mol. The van der Waals surface area contributed by atoms with Gasteiger partial charge in [-0.15, -0.1) is 5.10 Å². The largest absolute Gasteiger partial charge is 0.494 e. The first-order chi connectivity index (χ1) is 15.9. The monoisotopic (exact) mass is 490 g/mol. The Hall–Kier alpha value is -2.95. The number of hydrogen-bond donors (Lipinski definition) is 1. The number of rotatable bonds is 7. The van der Waals surface area contributed by atoms with E-state index in [1.165, 1.54) is 16.4 Å². The molecule has 1 saturated heterocycles. The van der Waals surface area contributed by atoms with Crippen molar-refractivity contribution in [2.75, 3.05) is 25.0 Å². The fourth-order valence-corrected chi connectivity index (χ4v) is 5.17. The smallest absolute Gasteiger partial charge is 0.322 e. The molecule has 0 radical (unpaired) electrons. The Morgan fingerprint density at radius 1 is 1.12 bits per heavy atom. The minimum atomic E-state index is -3.63. The van der Waals surface area contributed by atoms with Crippen LogP contribution < -0.4 is 10.1 Å². The van der Waals surface area contributed by atoms with E-state index >= 15 is 0 Å². The summed E-state index contributed by atoms with van der Waals surface area (Å²) in [5.41, 5.74) is 0.701. The van der Waals surface area contributed by atoms with Crippen molar-refractivity contribution in [2.45, 2.75) is 24.7 Å². The molecule has 3 aromatic rings. The quantitative estimate of drug-likeness (QED) is 0.535. The Labute approximate surface area is 196 Å². The van der Waals surface area contributed by atoms with E-state index in [0.717, 1.165) is 5.75 Å². The minimum absolute atomic E-state index is 0.0000927. The van der Waals surface area contributed by atoms with Crippen LogP contribution in [0.15, 0.2) is 57.8 Å². The van der Waals surface area contributed by atoms with Gasteiger partial charge < -0.3 is 9.15 Å². The molecule has 174 valence electrons. The number of anilines is 1. The maximum atomic E-state index is 12.8. The molecule has 0 saturated carbocycles. The Kier molecular flexibility index (Phi) is 6.96. The molecule has 1 N–H and O–H groups in total. The lowest BCUT2D eigenvalue weighted by Gasteiger charge is -2.30. The summed E-state index contributed by atoms with van der Waals surface area (Å²) in [7, 11) is -3.63. The third-order valence-electron chi connectivity index (χ3n) is 5.34. The molecule has 0 bridgehead atoms. The lowest BCUT2D eigenvalue weighted by Crippen LogP contribution is -2.41. The van der Waals surface area contributed by atoms with Crippen molar-refractivity contribution in [3.8, 4) is 17.2 Å². The molecule has 2 heterocycles. The highest BCUT2D eigenvalue weighted by atomic mass is 35.5. The van der Waals surface area contributed by atoms with Crippen molar-refractivity contribution in [1.29, 1.82) is 0 Å². The molecule has 9 nitrogen and oxygen atoms in total. The summed E-state index contributed by atoms with van der Waals surface area (Å²) < 4.78 is 38.0. The van der Waals surface area contributed by atoms with Gasteiger partial charge >= 0.3 is 6.01 Å². The number of nitrogens with zero attached hydrogens (tertiary/aromatic N) is 3. The summed E-state index contributed by atoms with van der Waals surface area (Å²) in [6.07, 6.45) is 0.775. The number of carbonyl (C=O) groups is 1. The van der Waals surface area contributed by atoms with Crippen LogP contribution in [0.3, 0.4) is 0 Å². The Morgan fingerprint density at radius 2 is 1.79 bits per heavy atom. The molecule has 0 atom stereocenters. The maximum absolute atomic E-state index is 12.8. The number of halogens is 1. The first-order valence-electron chi connectivity index (χ1n) is 10.5. The number of hydrogen-bond acceptors (Lipinski definition) is 7. The highest BCUT2D eigenvalue weighted by Gasteiger charge is 2.32. The van der Waals surface area contributed by atoms with Gasteiger partial charge in [0.15, 0.2) is 0 Å². The highest BCUT2D eigenvalue weighted by Crippen LogP contribution is 2.27. The van der Waals surface area contributed by atoms with Crippen LogP contribution in [0.1, 0.15) is 19.8 Å². The van der Waals surface area contributed by atoms with Crippen LogP contribution >= 0.6 is 11.6 Å². The van der Waals surface area contributed by atoms with Crippen LogP contribution in [0.4, 0.5) is 6.01 Å². The summed E-state index contributed by atoms with van der Waals surface area (Å²) in [6, 6.07) is 13.2. The Balaban J connectivity index is 1.34. The van der Waals surface area contributed by atoms with Gasteiger partial charge in [-0.3, -0.25) is 10.1 Å². The number of sulfonamides is 1. The summed E-state index contributed by atoms with van der Waals surface area (Å²) in [6.45, 7) is 2.96. The summed E-state index contributed by atoms with van der Waals surface area (Å²) in [5.74, 6) is 0.374.